The molecule has 150 valence electrons. The quantitative estimate of drug-likeness (QED) is 0.554. The molecule has 8 heteroatoms. The van der Waals surface area contributed by atoms with E-state index in [1.807, 2.05) is 0 Å². The highest BCUT2D eigenvalue weighted by Crippen LogP contribution is 2.35. The highest BCUT2D eigenvalue weighted by atomic mass is 16.5. The minimum Gasteiger partial charge on any atom is -0.454 e. The molecule has 4 amide bonds. The van der Waals surface area contributed by atoms with Crippen molar-refractivity contribution in [2.75, 3.05) is 13.2 Å². The van der Waals surface area contributed by atoms with Crippen LogP contribution in [0.4, 0.5) is 4.79 Å². The first-order valence-electron chi connectivity index (χ1n) is 9.91. The van der Waals surface area contributed by atoms with Crippen molar-refractivity contribution in [3.63, 3.8) is 0 Å². The van der Waals surface area contributed by atoms with Gasteiger partial charge in [0.1, 0.15) is 12.1 Å². The maximum Gasteiger partial charge on any atom is 0.326 e. The van der Waals surface area contributed by atoms with Gasteiger partial charge in [0.25, 0.3) is 11.8 Å². The Morgan fingerprint density at radius 2 is 1.89 bits per heavy atom. The van der Waals surface area contributed by atoms with Gasteiger partial charge in [-0.15, -0.1) is 0 Å². The third kappa shape index (κ3) is 4.09. The highest BCUT2D eigenvalue weighted by molar-refractivity contribution is 6.08. The van der Waals surface area contributed by atoms with Gasteiger partial charge in [0.2, 0.25) is 0 Å². The second kappa shape index (κ2) is 7.86. The summed E-state index contributed by atoms with van der Waals surface area (Å²) in [6.45, 7) is 3.44. The molecule has 2 saturated carbocycles. The number of hydrogen-bond acceptors (Lipinski definition) is 5. The third-order valence-corrected chi connectivity index (χ3v) is 6.41. The van der Waals surface area contributed by atoms with Crippen LogP contribution in [0.3, 0.4) is 0 Å². The Bertz CT molecular complexity index is 629. The lowest BCUT2D eigenvalue weighted by molar-refractivity contribution is -0.151. The Morgan fingerprint density at radius 3 is 2.59 bits per heavy atom. The van der Waals surface area contributed by atoms with Crippen molar-refractivity contribution in [3.05, 3.63) is 0 Å². The molecule has 0 radical (unpaired) electrons. The summed E-state index contributed by atoms with van der Waals surface area (Å²) < 4.78 is 4.99. The minimum atomic E-state index is -0.845. The van der Waals surface area contributed by atoms with Gasteiger partial charge in [0.05, 0.1) is 0 Å². The molecule has 0 aromatic carbocycles. The first-order chi connectivity index (χ1) is 12.8. The van der Waals surface area contributed by atoms with E-state index in [0.717, 1.165) is 37.0 Å². The van der Waals surface area contributed by atoms with Gasteiger partial charge < -0.3 is 15.4 Å². The van der Waals surface area contributed by atoms with Crippen LogP contribution in [0.15, 0.2) is 0 Å². The molecule has 1 aliphatic heterocycles. The maximum atomic E-state index is 12.5. The number of esters is 1. The van der Waals surface area contributed by atoms with Crippen LogP contribution in [-0.4, -0.2) is 53.4 Å². The summed E-state index contributed by atoms with van der Waals surface area (Å²) in [5, 5.41) is 5.64. The summed E-state index contributed by atoms with van der Waals surface area (Å²) >= 11 is 0. The van der Waals surface area contributed by atoms with Crippen molar-refractivity contribution >= 4 is 23.8 Å². The predicted octanol–water partition coefficient (Wildman–Crippen LogP) is 1.34. The molecule has 1 saturated heterocycles. The summed E-state index contributed by atoms with van der Waals surface area (Å²) in [6, 6.07) is -0.471. The third-order valence-electron chi connectivity index (χ3n) is 6.41. The van der Waals surface area contributed by atoms with E-state index in [1.54, 1.807) is 0 Å². The lowest BCUT2D eigenvalue weighted by Gasteiger charge is -2.34. The second-order valence-electron chi connectivity index (χ2n) is 8.21. The average molecular weight is 379 g/mol. The van der Waals surface area contributed by atoms with Crippen LogP contribution >= 0.6 is 0 Å². The van der Waals surface area contributed by atoms with Gasteiger partial charge in [-0.2, -0.15) is 0 Å². The Balaban J connectivity index is 1.45. The molecule has 3 aliphatic rings. The standard InChI is InChI=1S/C19H29N3O5/c1-12-6-5-7-14(13(12)2)20-15(23)11-27-16(24)10-22-17(25)19(21-18(22)26)8-3-4-9-19/h12-14H,3-11H2,1-2H3,(H,20,23)(H,21,26)/t12-,13+,14+/m0/s1. The first-order valence-corrected chi connectivity index (χ1v) is 9.91. The zero-order chi connectivity index (χ0) is 19.6. The van der Waals surface area contributed by atoms with E-state index in [-0.39, 0.29) is 17.9 Å². The smallest absolute Gasteiger partial charge is 0.326 e. The van der Waals surface area contributed by atoms with Crippen LogP contribution in [0.2, 0.25) is 0 Å². The molecule has 27 heavy (non-hydrogen) atoms. The fraction of sp³-hybridized carbons (Fsp3) is 0.789. The van der Waals surface area contributed by atoms with Gasteiger partial charge in [-0.1, -0.05) is 39.5 Å². The van der Waals surface area contributed by atoms with Gasteiger partial charge in [-0.05, 0) is 31.1 Å². The molecule has 2 N–H and O–H groups in total. The van der Waals surface area contributed by atoms with E-state index >= 15 is 0 Å². The van der Waals surface area contributed by atoms with E-state index < -0.39 is 30.7 Å². The van der Waals surface area contributed by atoms with E-state index in [9.17, 15) is 19.2 Å². The normalized spacial score (nSPS) is 29.7. The summed E-state index contributed by atoms with van der Waals surface area (Å²) in [5.74, 6) is -0.537. The SMILES string of the molecule is C[C@@H]1[C@@H](C)CCC[C@H]1NC(=O)COC(=O)CN1C(=O)NC2(CCCC2)C1=O. The van der Waals surface area contributed by atoms with Crippen molar-refractivity contribution in [1.29, 1.82) is 0 Å². The lowest BCUT2D eigenvalue weighted by Crippen LogP contribution is -2.46. The Kier molecular flexibility index (Phi) is 5.72. The molecule has 0 aromatic heterocycles. The van der Waals surface area contributed by atoms with Gasteiger partial charge in [0.15, 0.2) is 6.61 Å². The maximum absolute atomic E-state index is 12.5. The van der Waals surface area contributed by atoms with Crippen molar-refractivity contribution in [1.82, 2.24) is 15.5 Å². The number of ether oxygens (including phenoxy) is 1. The van der Waals surface area contributed by atoms with E-state index in [4.69, 9.17) is 4.74 Å². The van der Waals surface area contributed by atoms with Crippen LogP contribution in [0.1, 0.15) is 58.8 Å². The molecule has 0 bridgehead atoms. The average Bonchev–Trinajstić information content (AvgIpc) is 3.18. The van der Waals surface area contributed by atoms with Crippen molar-refractivity contribution in [3.8, 4) is 0 Å². The number of amides is 4. The summed E-state index contributed by atoms with van der Waals surface area (Å²) in [6.07, 6.45) is 6.12. The summed E-state index contributed by atoms with van der Waals surface area (Å²) in [7, 11) is 0. The zero-order valence-electron chi connectivity index (χ0n) is 16.1. The number of rotatable bonds is 5. The summed E-state index contributed by atoms with van der Waals surface area (Å²) in [5.41, 5.74) is -0.845. The van der Waals surface area contributed by atoms with Crippen LogP contribution in [0, 0.1) is 11.8 Å². The highest BCUT2D eigenvalue weighted by Gasteiger charge is 2.52. The van der Waals surface area contributed by atoms with Gasteiger partial charge in [-0.25, -0.2) is 4.79 Å². The first kappa shape index (κ1) is 19.6. The number of carbonyl (C=O) groups is 4. The van der Waals surface area contributed by atoms with Gasteiger partial charge >= 0.3 is 12.0 Å². The molecule has 8 nitrogen and oxygen atoms in total. The minimum absolute atomic E-state index is 0.0908. The molecule has 0 unspecified atom stereocenters. The number of imide groups is 1. The Hall–Kier alpha value is -2.12. The molecule has 2 aliphatic carbocycles. The molecular weight excluding hydrogens is 350 g/mol. The Labute approximate surface area is 159 Å². The Morgan fingerprint density at radius 1 is 1.19 bits per heavy atom. The van der Waals surface area contributed by atoms with Crippen LogP contribution in [0.25, 0.3) is 0 Å². The van der Waals surface area contributed by atoms with E-state index in [1.165, 1.54) is 0 Å². The van der Waals surface area contributed by atoms with Crippen LogP contribution in [0.5, 0.6) is 0 Å². The fourth-order valence-electron chi connectivity index (χ4n) is 4.49. The molecule has 0 aromatic rings. The molecular formula is C19H29N3O5. The molecule has 3 rings (SSSR count). The number of nitrogens with one attached hydrogen (secondary N) is 2. The number of hydrogen-bond donors (Lipinski definition) is 2. The predicted molar refractivity (Wildman–Crippen MR) is 96.5 cm³/mol. The van der Waals surface area contributed by atoms with Gasteiger partial charge in [-0.3, -0.25) is 19.3 Å². The van der Waals surface area contributed by atoms with Crippen molar-refractivity contribution in [2.24, 2.45) is 11.8 Å². The largest absolute Gasteiger partial charge is 0.454 e. The molecule has 3 atom stereocenters. The fourth-order valence-corrected chi connectivity index (χ4v) is 4.49. The monoisotopic (exact) mass is 379 g/mol. The summed E-state index contributed by atoms with van der Waals surface area (Å²) in [4.78, 5) is 49.6. The zero-order valence-corrected chi connectivity index (χ0v) is 16.1. The number of urea groups is 1. The van der Waals surface area contributed by atoms with Crippen LogP contribution in [-0.2, 0) is 19.1 Å². The van der Waals surface area contributed by atoms with E-state index in [0.29, 0.717) is 24.7 Å². The number of nitrogens with zero attached hydrogens (tertiary/aromatic N) is 1. The van der Waals surface area contributed by atoms with Gasteiger partial charge in [0, 0.05) is 6.04 Å². The molecule has 3 fully saturated rings. The molecule has 1 spiro atoms. The van der Waals surface area contributed by atoms with Crippen LogP contribution < -0.4 is 10.6 Å². The topological polar surface area (TPSA) is 105 Å². The number of carbonyl (C=O) groups excluding carboxylic acids is 4. The van der Waals surface area contributed by atoms with E-state index in [2.05, 4.69) is 24.5 Å². The lowest BCUT2D eigenvalue weighted by atomic mass is 9.78. The molecule has 1 heterocycles. The van der Waals surface area contributed by atoms with Crippen molar-refractivity contribution < 1.29 is 23.9 Å². The second-order valence-corrected chi connectivity index (χ2v) is 8.21. The van der Waals surface area contributed by atoms with Crippen molar-refractivity contribution in [2.45, 2.75) is 70.4 Å².